The second-order valence-electron chi connectivity index (χ2n) is 5.77. The molecule has 1 aliphatic rings. The van der Waals surface area contributed by atoms with Gasteiger partial charge >= 0.3 is 0 Å². The smallest absolute Gasteiger partial charge is 0.0390 e. The zero-order valence-electron chi connectivity index (χ0n) is 11.2. The molecular weight excluding hydrogens is 238 g/mol. The number of rotatable bonds is 3. The molecule has 1 heterocycles. The van der Waals surface area contributed by atoms with Crippen LogP contribution in [0.1, 0.15) is 44.2 Å². The van der Waals surface area contributed by atoms with Crippen molar-refractivity contribution in [1.29, 1.82) is 0 Å². The van der Waals surface area contributed by atoms with Gasteiger partial charge in [-0.15, -0.1) is 11.3 Å². The third kappa shape index (κ3) is 1.88. The summed E-state index contributed by atoms with van der Waals surface area (Å²) in [6.45, 7) is 2.45. The van der Waals surface area contributed by atoms with Gasteiger partial charge in [0.1, 0.15) is 0 Å². The average molecular weight is 259 g/mol. The van der Waals surface area contributed by atoms with Gasteiger partial charge in [-0.25, -0.2) is 0 Å². The average Bonchev–Trinajstić information content (AvgIpc) is 2.99. The number of hydrogen-bond acceptors (Lipinski definition) is 2. The first kappa shape index (κ1) is 12.2. The molecule has 3 rings (SSSR count). The summed E-state index contributed by atoms with van der Waals surface area (Å²) >= 11 is 1.88. The first-order chi connectivity index (χ1) is 8.74. The van der Waals surface area contributed by atoms with Crippen LogP contribution in [-0.2, 0) is 0 Å². The molecule has 18 heavy (non-hydrogen) atoms. The lowest BCUT2D eigenvalue weighted by Crippen LogP contribution is -2.32. The van der Waals surface area contributed by atoms with Crippen LogP contribution in [0.3, 0.4) is 0 Å². The molecule has 1 atom stereocenters. The largest absolute Gasteiger partial charge is 0.312 e. The molecule has 0 spiro atoms. The van der Waals surface area contributed by atoms with Gasteiger partial charge in [-0.1, -0.05) is 38.0 Å². The van der Waals surface area contributed by atoms with Crippen LogP contribution in [-0.4, -0.2) is 7.05 Å². The number of fused-ring (bicyclic) bond motifs is 1. The molecular formula is C16H21NS. The number of hydrogen-bond donors (Lipinski definition) is 1. The standard InChI is InChI=1S/C16H21NS/c1-16(9-3-4-10-16)15(17-2)13-7-5-6-12-8-11-18-14(12)13/h5-8,11,15,17H,3-4,9-10H2,1-2H3. The van der Waals surface area contributed by atoms with Crippen molar-refractivity contribution in [2.24, 2.45) is 5.41 Å². The second-order valence-corrected chi connectivity index (χ2v) is 6.69. The van der Waals surface area contributed by atoms with Crippen molar-refractivity contribution in [1.82, 2.24) is 5.32 Å². The van der Waals surface area contributed by atoms with Gasteiger partial charge in [0.25, 0.3) is 0 Å². The summed E-state index contributed by atoms with van der Waals surface area (Å²) < 4.78 is 1.46. The summed E-state index contributed by atoms with van der Waals surface area (Å²) in [6.07, 6.45) is 5.46. The molecule has 0 radical (unpaired) electrons. The Balaban J connectivity index is 2.08. The van der Waals surface area contributed by atoms with Gasteiger partial charge in [0.2, 0.25) is 0 Å². The molecule has 1 saturated carbocycles. The molecule has 1 nitrogen and oxygen atoms in total. The molecule has 1 aromatic heterocycles. The molecule has 2 heteroatoms. The van der Waals surface area contributed by atoms with Crippen molar-refractivity contribution in [3.63, 3.8) is 0 Å². The van der Waals surface area contributed by atoms with Crippen LogP contribution in [0.25, 0.3) is 10.1 Å². The van der Waals surface area contributed by atoms with Gasteiger partial charge in [0.15, 0.2) is 0 Å². The Morgan fingerprint density at radius 2 is 2.00 bits per heavy atom. The highest BCUT2D eigenvalue weighted by Gasteiger charge is 2.37. The van der Waals surface area contributed by atoms with Crippen LogP contribution in [0.15, 0.2) is 29.6 Å². The van der Waals surface area contributed by atoms with Crippen molar-refractivity contribution in [2.45, 2.75) is 38.6 Å². The minimum Gasteiger partial charge on any atom is -0.312 e. The van der Waals surface area contributed by atoms with E-state index in [0.717, 1.165) is 0 Å². The molecule has 96 valence electrons. The summed E-state index contributed by atoms with van der Waals surface area (Å²) in [5.74, 6) is 0. The lowest BCUT2D eigenvalue weighted by molar-refractivity contribution is 0.235. The Morgan fingerprint density at radius 3 is 2.72 bits per heavy atom. The van der Waals surface area contributed by atoms with Crippen molar-refractivity contribution in [3.8, 4) is 0 Å². The fourth-order valence-corrected chi connectivity index (χ4v) is 4.54. The van der Waals surface area contributed by atoms with E-state index >= 15 is 0 Å². The van der Waals surface area contributed by atoms with Crippen molar-refractivity contribution in [3.05, 3.63) is 35.2 Å². The highest BCUT2D eigenvalue weighted by atomic mass is 32.1. The molecule has 2 aromatic rings. The molecule has 0 aliphatic heterocycles. The predicted octanol–water partition coefficient (Wildman–Crippen LogP) is 4.74. The van der Waals surface area contributed by atoms with Crippen LogP contribution >= 0.6 is 11.3 Å². The maximum Gasteiger partial charge on any atom is 0.0390 e. The van der Waals surface area contributed by atoms with Crippen molar-refractivity contribution >= 4 is 21.4 Å². The van der Waals surface area contributed by atoms with Gasteiger partial charge in [0, 0.05) is 10.7 Å². The molecule has 1 fully saturated rings. The molecule has 0 saturated heterocycles. The quantitative estimate of drug-likeness (QED) is 0.839. The van der Waals surface area contributed by atoms with E-state index in [1.54, 1.807) is 0 Å². The maximum absolute atomic E-state index is 3.59. The Morgan fingerprint density at radius 1 is 1.22 bits per heavy atom. The van der Waals surface area contributed by atoms with Gasteiger partial charge in [0.05, 0.1) is 0 Å². The summed E-state index contributed by atoms with van der Waals surface area (Å²) in [5, 5.41) is 7.18. The van der Waals surface area contributed by atoms with Crippen LogP contribution in [0, 0.1) is 5.41 Å². The van der Waals surface area contributed by atoms with E-state index in [1.165, 1.54) is 41.3 Å². The summed E-state index contributed by atoms with van der Waals surface area (Å²) in [5.41, 5.74) is 1.92. The maximum atomic E-state index is 3.59. The van der Waals surface area contributed by atoms with Gasteiger partial charge in [-0.05, 0) is 47.7 Å². The lowest BCUT2D eigenvalue weighted by atomic mass is 9.77. The Labute approximate surface area is 113 Å². The van der Waals surface area contributed by atoms with E-state index < -0.39 is 0 Å². The Bertz CT molecular complexity index is 537. The first-order valence-electron chi connectivity index (χ1n) is 6.88. The van der Waals surface area contributed by atoms with Crippen LogP contribution in [0.2, 0.25) is 0 Å². The van der Waals surface area contributed by atoms with Crippen LogP contribution in [0.4, 0.5) is 0 Å². The van der Waals surface area contributed by atoms with Gasteiger partial charge < -0.3 is 5.32 Å². The normalized spacial score (nSPS) is 20.3. The molecule has 0 bridgehead atoms. The van der Waals surface area contributed by atoms with E-state index in [2.05, 4.69) is 48.9 Å². The monoisotopic (exact) mass is 259 g/mol. The predicted molar refractivity (Wildman–Crippen MR) is 80.2 cm³/mol. The summed E-state index contributed by atoms with van der Waals surface area (Å²) in [6, 6.07) is 9.45. The van der Waals surface area contributed by atoms with E-state index in [9.17, 15) is 0 Å². The first-order valence-corrected chi connectivity index (χ1v) is 7.76. The van der Waals surface area contributed by atoms with E-state index in [1.807, 2.05) is 11.3 Å². The summed E-state index contributed by atoms with van der Waals surface area (Å²) in [4.78, 5) is 0. The zero-order valence-corrected chi connectivity index (χ0v) is 12.0. The number of nitrogens with one attached hydrogen (secondary N) is 1. The second kappa shape index (κ2) is 4.67. The fraction of sp³-hybridized carbons (Fsp3) is 0.500. The molecule has 1 unspecified atom stereocenters. The minimum atomic E-state index is 0.424. The molecule has 0 amide bonds. The molecule has 1 N–H and O–H groups in total. The Kier molecular flexibility index (Phi) is 3.16. The summed E-state index contributed by atoms with van der Waals surface area (Å²) in [7, 11) is 2.11. The SMILES string of the molecule is CNC(c1cccc2ccsc12)C1(C)CCCC1. The molecule has 1 aliphatic carbocycles. The topological polar surface area (TPSA) is 12.0 Å². The van der Waals surface area contributed by atoms with Gasteiger partial charge in [-0.3, -0.25) is 0 Å². The Hall–Kier alpha value is -0.860. The number of benzene rings is 1. The van der Waals surface area contributed by atoms with E-state index in [0.29, 0.717) is 11.5 Å². The van der Waals surface area contributed by atoms with Crippen molar-refractivity contribution in [2.75, 3.05) is 7.05 Å². The highest BCUT2D eigenvalue weighted by Crippen LogP contribution is 2.48. The van der Waals surface area contributed by atoms with Crippen molar-refractivity contribution < 1.29 is 0 Å². The fourth-order valence-electron chi connectivity index (χ4n) is 3.59. The third-order valence-electron chi connectivity index (χ3n) is 4.55. The van der Waals surface area contributed by atoms with Crippen LogP contribution in [0.5, 0.6) is 0 Å². The third-order valence-corrected chi connectivity index (χ3v) is 5.53. The lowest BCUT2D eigenvalue weighted by Gasteiger charge is -2.34. The van der Waals surface area contributed by atoms with E-state index in [4.69, 9.17) is 0 Å². The molecule has 1 aromatic carbocycles. The highest BCUT2D eigenvalue weighted by molar-refractivity contribution is 7.17. The van der Waals surface area contributed by atoms with Crippen LogP contribution < -0.4 is 5.32 Å². The number of thiophene rings is 1. The minimum absolute atomic E-state index is 0.424. The van der Waals surface area contributed by atoms with E-state index in [-0.39, 0.29) is 0 Å². The van der Waals surface area contributed by atoms with Gasteiger partial charge in [-0.2, -0.15) is 0 Å². The zero-order chi connectivity index (χ0) is 12.6.